The summed E-state index contributed by atoms with van der Waals surface area (Å²) in [5, 5.41) is 0. The summed E-state index contributed by atoms with van der Waals surface area (Å²) in [5.41, 5.74) is 2.61. The van der Waals surface area contributed by atoms with Gasteiger partial charge in [0.15, 0.2) is 0 Å². The molecule has 1 aromatic carbocycles. The highest BCUT2D eigenvalue weighted by atomic mass is 32.2. The smallest absolute Gasteiger partial charge is 0.257 e. The lowest BCUT2D eigenvalue weighted by Gasteiger charge is -2.37. The van der Waals surface area contributed by atoms with Gasteiger partial charge < -0.3 is 0 Å². The van der Waals surface area contributed by atoms with Crippen molar-refractivity contribution >= 4 is 15.9 Å². The highest BCUT2D eigenvalue weighted by molar-refractivity contribution is 7.89. The van der Waals surface area contributed by atoms with Crippen molar-refractivity contribution in [3.05, 3.63) is 42.5 Å². The zero-order valence-electron chi connectivity index (χ0n) is 13.4. The van der Waals surface area contributed by atoms with Crippen LogP contribution >= 0.6 is 0 Å². The van der Waals surface area contributed by atoms with Crippen molar-refractivity contribution in [1.82, 2.24) is 10.3 Å². The van der Waals surface area contributed by atoms with E-state index in [0.717, 1.165) is 24.8 Å². The number of sulfonamides is 1. The molecule has 2 bridgehead atoms. The van der Waals surface area contributed by atoms with Crippen molar-refractivity contribution in [1.29, 1.82) is 0 Å². The molecule has 5 nitrogen and oxygen atoms in total. The fourth-order valence-corrected chi connectivity index (χ4v) is 4.89. The maximum absolute atomic E-state index is 12.7. The predicted octanol–water partition coefficient (Wildman–Crippen LogP) is 2.38. The predicted molar refractivity (Wildman–Crippen MR) is 87.6 cm³/mol. The summed E-state index contributed by atoms with van der Waals surface area (Å²) in [7, 11) is -3.76. The van der Waals surface area contributed by atoms with Gasteiger partial charge in [0.05, 0.1) is 10.3 Å². The van der Waals surface area contributed by atoms with E-state index >= 15 is 0 Å². The molecule has 2 aliphatic rings. The number of fused-ring (bicyclic) bond motifs is 2. The lowest BCUT2D eigenvalue weighted by Crippen LogP contribution is -2.49. The molecule has 0 heterocycles. The van der Waals surface area contributed by atoms with Crippen LogP contribution in [-0.2, 0) is 14.8 Å². The van der Waals surface area contributed by atoms with Crippen molar-refractivity contribution in [3.63, 3.8) is 0 Å². The van der Waals surface area contributed by atoms with Crippen LogP contribution in [0.1, 0.15) is 33.1 Å². The van der Waals surface area contributed by atoms with E-state index in [-0.39, 0.29) is 16.2 Å². The molecule has 2 aliphatic carbocycles. The number of nitrogens with one attached hydrogen (secondary N) is 2. The summed E-state index contributed by atoms with van der Waals surface area (Å²) in [6.07, 6.45) is 2.46. The summed E-state index contributed by atoms with van der Waals surface area (Å²) < 4.78 is 24.4. The maximum Gasteiger partial charge on any atom is 0.257 e. The van der Waals surface area contributed by atoms with Crippen LogP contribution in [0.25, 0.3) is 0 Å². The Morgan fingerprint density at radius 2 is 1.91 bits per heavy atom. The first-order valence-corrected chi connectivity index (χ1v) is 9.26. The number of benzene rings is 1. The van der Waals surface area contributed by atoms with Crippen LogP contribution in [0.2, 0.25) is 0 Å². The first kappa shape index (κ1) is 16.2. The number of amides is 1. The Hall–Kier alpha value is -1.66. The van der Waals surface area contributed by atoms with Gasteiger partial charge in [-0.3, -0.25) is 10.2 Å². The number of hydrazine groups is 1. The third-order valence-electron chi connectivity index (χ3n) is 5.68. The van der Waals surface area contributed by atoms with E-state index in [9.17, 15) is 13.2 Å². The average Bonchev–Trinajstić information content (AvgIpc) is 3.06. The summed E-state index contributed by atoms with van der Waals surface area (Å²) in [6.45, 7) is 8.37. The quantitative estimate of drug-likeness (QED) is 0.656. The van der Waals surface area contributed by atoms with E-state index in [4.69, 9.17) is 0 Å². The van der Waals surface area contributed by atoms with Crippen LogP contribution < -0.4 is 10.3 Å². The van der Waals surface area contributed by atoms with E-state index in [0.29, 0.717) is 5.92 Å². The number of carbonyl (C=O) groups is 1. The minimum absolute atomic E-state index is 0.0755. The Bertz CT molecular complexity index is 755. The molecule has 2 unspecified atom stereocenters. The lowest BCUT2D eigenvalue weighted by atomic mass is 9.68. The first-order valence-electron chi connectivity index (χ1n) is 7.77. The van der Waals surface area contributed by atoms with Crippen molar-refractivity contribution in [2.45, 2.75) is 38.0 Å². The van der Waals surface area contributed by atoms with E-state index in [2.05, 4.69) is 30.7 Å². The molecule has 1 aromatic rings. The number of carbonyl (C=O) groups excluding carboxylic acids is 1. The van der Waals surface area contributed by atoms with Crippen molar-refractivity contribution in [2.24, 2.45) is 16.7 Å². The van der Waals surface area contributed by atoms with Crippen molar-refractivity contribution in [2.75, 3.05) is 0 Å². The molecule has 124 valence electrons. The number of hydrogen-bond donors (Lipinski definition) is 2. The molecule has 0 aromatic heterocycles. The molecular formula is C17H22N2O3S. The highest BCUT2D eigenvalue weighted by Crippen LogP contribution is 2.65. The Balaban J connectivity index is 1.75. The molecule has 0 spiro atoms. The van der Waals surface area contributed by atoms with E-state index < -0.39 is 15.4 Å². The maximum atomic E-state index is 12.7. The zero-order valence-corrected chi connectivity index (χ0v) is 14.2. The van der Waals surface area contributed by atoms with Crippen LogP contribution in [-0.4, -0.2) is 14.3 Å². The molecule has 0 aliphatic heterocycles. The average molecular weight is 334 g/mol. The van der Waals surface area contributed by atoms with Gasteiger partial charge in [0.25, 0.3) is 10.0 Å². The van der Waals surface area contributed by atoms with Crippen LogP contribution in [0.4, 0.5) is 0 Å². The second-order valence-electron chi connectivity index (χ2n) is 7.09. The zero-order chi connectivity index (χ0) is 16.9. The molecule has 6 heteroatoms. The molecule has 2 N–H and O–H groups in total. The minimum atomic E-state index is -3.76. The van der Waals surface area contributed by atoms with Crippen LogP contribution in [0.5, 0.6) is 0 Å². The van der Waals surface area contributed by atoms with Gasteiger partial charge in [0.1, 0.15) is 0 Å². The summed E-state index contributed by atoms with van der Waals surface area (Å²) in [4.78, 5) is 15.0. The van der Waals surface area contributed by atoms with Gasteiger partial charge in [-0.05, 0) is 42.7 Å². The van der Waals surface area contributed by atoms with Gasteiger partial charge in [-0.25, -0.2) is 8.42 Å². The van der Waals surface area contributed by atoms with Gasteiger partial charge >= 0.3 is 0 Å². The fraction of sp³-hybridized carbons (Fsp3) is 0.471. The molecule has 23 heavy (non-hydrogen) atoms. The third kappa shape index (κ3) is 2.40. The van der Waals surface area contributed by atoms with E-state index in [1.54, 1.807) is 18.2 Å². The van der Waals surface area contributed by atoms with Gasteiger partial charge in [0, 0.05) is 0 Å². The normalized spacial score (nSPS) is 28.8. The van der Waals surface area contributed by atoms with Crippen LogP contribution in [0.15, 0.2) is 47.4 Å². The molecular weight excluding hydrogens is 312 g/mol. The van der Waals surface area contributed by atoms with Crippen molar-refractivity contribution < 1.29 is 13.2 Å². The molecule has 0 radical (unpaired) electrons. The highest BCUT2D eigenvalue weighted by Gasteiger charge is 2.61. The Kier molecular flexibility index (Phi) is 3.65. The summed E-state index contributed by atoms with van der Waals surface area (Å²) >= 11 is 0. The molecule has 1 amide bonds. The third-order valence-corrected chi connectivity index (χ3v) is 6.94. The van der Waals surface area contributed by atoms with Gasteiger partial charge in [-0.15, -0.1) is 4.83 Å². The molecule has 2 saturated carbocycles. The Labute approximate surface area is 137 Å². The van der Waals surface area contributed by atoms with E-state index in [1.165, 1.54) is 12.1 Å². The van der Waals surface area contributed by atoms with Crippen LogP contribution in [0, 0.1) is 16.7 Å². The van der Waals surface area contributed by atoms with Gasteiger partial charge in [-0.1, -0.05) is 44.2 Å². The molecule has 3 rings (SSSR count). The standard InChI is InChI=1S/C17H22N2O3S/c1-12-16(2,3)13-9-10-17(12,11-13)15(20)18-19-23(21,22)14-7-5-4-6-8-14/h4-8,13,19H,1,9-11H2,2-3H3,(H,18,20). The molecule has 0 saturated heterocycles. The summed E-state index contributed by atoms with van der Waals surface area (Å²) in [5.74, 6) is 0.140. The monoisotopic (exact) mass is 334 g/mol. The Morgan fingerprint density at radius 3 is 2.48 bits per heavy atom. The van der Waals surface area contributed by atoms with Crippen molar-refractivity contribution in [3.8, 4) is 0 Å². The fourth-order valence-electron chi connectivity index (χ4n) is 4.03. The number of rotatable bonds is 4. The first-order chi connectivity index (χ1) is 10.7. The van der Waals surface area contributed by atoms with Gasteiger partial charge in [-0.2, -0.15) is 0 Å². The second kappa shape index (κ2) is 5.18. The second-order valence-corrected chi connectivity index (χ2v) is 8.78. The minimum Gasteiger partial charge on any atom is -0.277 e. The molecule has 2 atom stereocenters. The van der Waals surface area contributed by atoms with E-state index in [1.807, 2.05) is 0 Å². The Morgan fingerprint density at radius 1 is 1.26 bits per heavy atom. The topological polar surface area (TPSA) is 75.3 Å². The van der Waals surface area contributed by atoms with Crippen LogP contribution in [0.3, 0.4) is 0 Å². The number of hydrogen-bond acceptors (Lipinski definition) is 3. The molecule has 2 fully saturated rings. The lowest BCUT2D eigenvalue weighted by molar-refractivity contribution is -0.129. The largest absolute Gasteiger partial charge is 0.277 e. The van der Waals surface area contributed by atoms with Gasteiger partial charge in [0.2, 0.25) is 5.91 Å². The SMILES string of the molecule is C=C1C2(C(=O)NNS(=O)(=O)c3ccccc3)CCC(C2)C1(C)C. The summed E-state index contributed by atoms with van der Waals surface area (Å²) in [6, 6.07) is 7.97.